The highest BCUT2D eigenvalue weighted by Crippen LogP contribution is 2.37. The van der Waals surface area contributed by atoms with E-state index >= 15 is 0 Å². The zero-order chi connectivity index (χ0) is 13.8. The number of benzene rings is 1. The molecule has 1 aromatic carbocycles. The highest BCUT2D eigenvalue weighted by molar-refractivity contribution is 5.94. The van der Waals surface area contributed by atoms with E-state index in [1.165, 1.54) is 19.1 Å². The highest BCUT2D eigenvalue weighted by atomic mass is 19.4. The Bertz CT molecular complexity index is 425. The summed E-state index contributed by atoms with van der Waals surface area (Å²) in [6.45, 7) is 3.39. The van der Waals surface area contributed by atoms with Crippen LogP contribution in [0.2, 0.25) is 0 Å². The van der Waals surface area contributed by atoms with Crippen molar-refractivity contribution in [1.29, 1.82) is 0 Å². The molecule has 0 N–H and O–H groups in total. The van der Waals surface area contributed by atoms with E-state index in [0.29, 0.717) is 6.42 Å². The number of ether oxygens (including phenoxy) is 1. The average Bonchev–Trinajstić information content (AvgIpc) is 2.28. The highest BCUT2D eigenvalue weighted by Gasteiger charge is 2.34. The normalized spacial score (nSPS) is 11.4. The quantitative estimate of drug-likeness (QED) is 0.589. The second-order valence-electron chi connectivity index (χ2n) is 3.97. The fraction of sp³-hybridized carbons (Fsp3) is 0.462. The van der Waals surface area contributed by atoms with Crippen molar-refractivity contribution in [3.05, 3.63) is 29.3 Å². The van der Waals surface area contributed by atoms with Crippen molar-refractivity contribution >= 4 is 5.78 Å². The van der Waals surface area contributed by atoms with Crippen molar-refractivity contribution in [3.63, 3.8) is 0 Å². The topological polar surface area (TPSA) is 26.3 Å². The lowest BCUT2D eigenvalue weighted by Crippen LogP contribution is -2.11. The number of unbranched alkanes of at least 4 members (excludes halogenated alkanes) is 1. The molecule has 0 aliphatic rings. The Hall–Kier alpha value is -1.52. The monoisotopic (exact) mass is 260 g/mol. The van der Waals surface area contributed by atoms with Crippen molar-refractivity contribution < 1.29 is 22.7 Å². The number of carbonyl (C=O) groups excluding carboxylic acids is 1. The van der Waals surface area contributed by atoms with Gasteiger partial charge in [-0.2, -0.15) is 13.2 Å². The number of carbonyl (C=O) groups is 1. The van der Waals surface area contributed by atoms with E-state index in [9.17, 15) is 18.0 Å². The van der Waals surface area contributed by atoms with E-state index in [4.69, 9.17) is 4.74 Å². The predicted octanol–water partition coefficient (Wildman–Crippen LogP) is 4.09. The van der Waals surface area contributed by atoms with Crippen LogP contribution in [0.25, 0.3) is 0 Å². The summed E-state index contributed by atoms with van der Waals surface area (Å²) in [5, 5.41) is 0. The van der Waals surface area contributed by atoms with Crippen LogP contribution in [0.3, 0.4) is 0 Å². The molecule has 0 saturated carbocycles. The van der Waals surface area contributed by atoms with Gasteiger partial charge in [-0.3, -0.25) is 4.79 Å². The first-order valence-corrected chi connectivity index (χ1v) is 5.71. The zero-order valence-electron chi connectivity index (χ0n) is 10.3. The van der Waals surface area contributed by atoms with Crippen molar-refractivity contribution in [3.8, 4) is 5.75 Å². The third kappa shape index (κ3) is 3.75. The Balaban J connectivity index is 3.05. The summed E-state index contributed by atoms with van der Waals surface area (Å²) in [6, 6.07) is 3.39. The van der Waals surface area contributed by atoms with Gasteiger partial charge in [-0.25, -0.2) is 0 Å². The molecular formula is C13H15F3O2. The molecule has 0 spiro atoms. The molecule has 0 heterocycles. The van der Waals surface area contributed by atoms with E-state index in [-0.39, 0.29) is 17.9 Å². The van der Waals surface area contributed by atoms with Gasteiger partial charge in [0, 0.05) is 5.56 Å². The summed E-state index contributed by atoms with van der Waals surface area (Å²) in [4.78, 5) is 11.1. The fourth-order valence-electron chi connectivity index (χ4n) is 1.42. The zero-order valence-corrected chi connectivity index (χ0v) is 10.3. The molecule has 0 bridgehead atoms. The molecule has 18 heavy (non-hydrogen) atoms. The molecule has 0 unspecified atom stereocenters. The molecule has 0 fully saturated rings. The van der Waals surface area contributed by atoms with Gasteiger partial charge in [-0.15, -0.1) is 0 Å². The maximum Gasteiger partial charge on any atom is 0.419 e. The molecule has 0 aromatic heterocycles. The molecule has 0 saturated heterocycles. The summed E-state index contributed by atoms with van der Waals surface area (Å²) >= 11 is 0. The molecular weight excluding hydrogens is 245 g/mol. The molecule has 100 valence electrons. The number of ketones is 1. The summed E-state index contributed by atoms with van der Waals surface area (Å²) < 4.78 is 43.5. The lowest BCUT2D eigenvalue weighted by molar-refractivity contribution is -0.139. The van der Waals surface area contributed by atoms with Crippen LogP contribution in [0, 0.1) is 0 Å². The van der Waals surface area contributed by atoms with Crippen LogP contribution >= 0.6 is 0 Å². The second-order valence-corrected chi connectivity index (χ2v) is 3.97. The third-order valence-electron chi connectivity index (χ3n) is 2.45. The molecule has 0 aliphatic heterocycles. The summed E-state index contributed by atoms with van der Waals surface area (Å²) in [6.07, 6.45) is -2.99. The average molecular weight is 260 g/mol. The first kappa shape index (κ1) is 14.5. The van der Waals surface area contributed by atoms with Crippen LogP contribution in [-0.2, 0) is 6.18 Å². The van der Waals surface area contributed by atoms with Crippen molar-refractivity contribution in [2.45, 2.75) is 32.9 Å². The van der Waals surface area contributed by atoms with Gasteiger partial charge < -0.3 is 4.74 Å². The van der Waals surface area contributed by atoms with Crippen molar-refractivity contribution in [2.75, 3.05) is 6.61 Å². The number of rotatable bonds is 5. The van der Waals surface area contributed by atoms with E-state index < -0.39 is 17.5 Å². The van der Waals surface area contributed by atoms with Crippen LogP contribution in [0.1, 0.15) is 42.6 Å². The number of hydrogen-bond acceptors (Lipinski definition) is 2. The molecule has 2 nitrogen and oxygen atoms in total. The Morgan fingerprint density at radius 2 is 2.00 bits per heavy atom. The summed E-state index contributed by atoms with van der Waals surface area (Å²) in [5.41, 5.74) is -0.864. The number of alkyl halides is 3. The van der Waals surface area contributed by atoms with Gasteiger partial charge in [-0.05, 0) is 31.5 Å². The maximum absolute atomic E-state index is 12.8. The van der Waals surface area contributed by atoms with E-state index in [1.807, 2.05) is 6.92 Å². The minimum absolute atomic E-state index is 0.0326. The molecule has 0 aliphatic carbocycles. The minimum Gasteiger partial charge on any atom is -0.493 e. The van der Waals surface area contributed by atoms with E-state index in [0.717, 1.165) is 12.5 Å². The minimum atomic E-state index is -4.52. The molecule has 1 rings (SSSR count). The summed E-state index contributed by atoms with van der Waals surface area (Å²) in [5.74, 6) is -0.624. The Morgan fingerprint density at radius 3 is 2.50 bits per heavy atom. The maximum atomic E-state index is 12.8. The SMILES string of the molecule is CCCCOc1ccc(C(C)=O)cc1C(F)(F)F. The van der Waals surface area contributed by atoms with Crippen LogP contribution in [0.15, 0.2) is 18.2 Å². The largest absolute Gasteiger partial charge is 0.493 e. The van der Waals surface area contributed by atoms with Crippen LogP contribution in [-0.4, -0.2) is 12.4 Å². The van der Waals surface area contributed by atoms with Crippen LogP contribution < -0.4 is 4.74 Å². The first-order chi connectivity index (χ1) is 8.36. The van der Waals surface area contributed by atoms with E-state index in [2.05, 4.69) is 0 Å². The smallest absolute Gasteiger partial charge is 0.419 e. The molecule has 0 radical (unpaired) electrons. The first-order valence-electron chi connectivity index (χ1n) is 5.71. The standard InChI is InChI=1S/C13H15F3O2/c1-3-4-7-18-12-6-5-10(9(2)17)8-11(12)13(14,15)16/h5-6,8H,3-4,7H2,1-2H3. The van der Waals surface area contributed by atoms with Gasteiger partial charge >= 0.3 is 6.18 Å². The molecule has 1 aromatic rings. The van der Waals surface area contributed by atoms with Gasteiger partial charge in [0.1, 0.15) is 5.75 Å². The Kier molecular flexibility index (Phi) is 4.76. The lowest BCUT2D eigenvalue weighted by atomic mass is 10.1. The van der Waals surface area contributed by atoms with Crippen molar-refractivity contribution in [2.24, 2.45) is 0 Å². The number of halogens is 3. The van der Waals surface area contributed by atoms with Gasteiger partial charge in [0.15, 0.2) is 5.78 Å². The third-order valence-corrected chi connectivity index (χ3v) is 2.45. The summed E-state index contributed by atoms with van der Waals surface area (Å²) in [7, 11) is 0. The Morgan fingerprint density at radius 1 is 1.33 bits per heavy atom. The number of hydrogen-bond donors (Lipinski definition) is 0. The second kappa shape index (κ2) is 5.89. The fourth-order valence-corrected chi connectivity index (χ4v) is 1.42. The van der Waals surface area contributed by atoms with E-state index in [1.54, 1.807) is 0 Å². The lowest BCUT2D eigenvalue weighted by Gasteiger charge is -2.14. The molecule has 5 heteroatoms. The Labute approximate surface area is 104 Å². The van der Waals surface area contributed by atoms with Gasteiger partial charge in [-0.1, -0.05) is 13.3 Å². The van der Waals surface area contributed by atoms with Gasteiger partial charge in [0.05, 0.1) is 12.2 Å². The van der Waals surface area contributed by atoms with Crippen LogP contribution in [0.5, 0.6) is 5.75 Å². The molecule has 0 amide bonds. The predicted molar refractivity (Wildman–Crippen MR) is 61.9 cm³/mol. The van der Waals surface area contributed by atoms with Crippen LogP contribution in [0.4, 0.5) is 13.2 Å². The van der Waals surface area contributed by atoms with Gasteiger partial charge in [0.25, 0.3) is 0 Å². The molecule has 0 atom stereocenters. The van der Waals surface area contributed by atoms with Crippen molar-refractivity contribution in [1.82, 2.24) is 0 Å². The van der Waals surface area contributed by atoms with Gasteiger partial charge in [0.2, 0.25) is 0 Å². The number of Topliss-reactive ketones (excluding diaryl/α,β-unsaturated/α-hetero) is 1.